The summed E-state index contributed by atoms with van der Waals surface area (Å²) in [6, 6.07) is 20.1. The van der Waals surface area contributed by atoms with Gasteiger partial charge in [0.25, 0.3) is 0 Å². The Morgan fingerprint density at radius 3 is 2.68 bits per heavy atom. The summed E-state index contributed by atoms with van der Waals surface area (Å²) in [7, 11) is 0. The van der Waals surface area contributed by atoms with Crippen molar-refractivity contribution in [2.24, 2.45) is 0 Å². The first-order valence-corrected chi connectivity index (χ1v) is 11.3. The van der Waals surface area contributed by atoms with Crippen molar-refractivity contribution >= 4 is 17.5 Å². The normalized spacial score (nSPS) is 14.6. The summed E-state index contributed by atoms with van der Waals surface area (Å²) in [5.74, 6) is 2.07. The fourth-order valence-corrected chi connectivity index (χ4v) is 4.03. The van der Waals surface area contributed by atoms with E-state index in [4.69, 9.17) is 18.9 Å². The number of hydrogen-bond acceptors (Lipinski definition) is 7. The standard InChI is InChI=1S/C26H26N2O6/c29-21-8-5-19-18-28(26(30)34-25(19)17-21)20-6-9-22(10-7-20)32-16-15-31-13-11-27-12-14-33-24-4-2-1-3-23(24)27/h1-10,17,29H,11-16,18H2. The van der Waals surface area contributed by atoms with E-state index in [1.54, 1.807) is 12.1 Å². The van der Waals surface area contributed by atoms with Gasteiger partial charge in [0, 0.05) is 23.9 Å². The van der Waals surface area contributed by atoms with Crippen LogP contribution in [0.5, 0.6) is 23.0 Å². The maximum Gasteiger partial charge on any atom is 0.420 e. The first kappa shape index (κ1) is 21.9. The molecule has 0 saturated heterocycles. The van der Waals surface area contributed by atoms with Crippen LogP contribution in [-0.4, -0.2) is 50.7 Å². The Bertz CT molecular complexity index is 1150. The van der Waals surface area contributed by atoms with Crippen molar-refractivity contribution in [3.05, 3.63) is 72.3 Å². The van der Waals surface area contributed by atoms with Gasteiger partial charge in [-0.3, -0.25) is 4.90 Å². The molecule has 34 heavy (non-hydrogen) atoms. The number of phenolic OH excluding ortho intramolecular Hbond substituents is 1. The van der Waals surface area contributed by atoms with Crippen LogP contribution in [0.4, 0.5) is 16.2 Å². The highest BCUT2D eigenvalue weighted by Crippen LogP contribution is 2.33. The maximum absolute atomic E-state index is 12.4. The molecule has 2 aliphatic heterocycles. The van der Waals surface area contributed by atoms with Crippen LogP contribution in [0, 0.1) is 0 Å². The summed E-state index contributed by atoms with van der Waals surface area (Å²) in [6.45, 7) is 4.22. The van der Waals surface area contributed by atoms with Gasteiger partial charge in [0.1, 0.15) is 36.2 Å². The SMILES string of the molecule is O=C1Oc2cc(O)ccc2CN1c1ccc(OCCOCCN2CCOc3ccccc32)cc1. The summed E-state index contributed by atoms with van der Waals surface area (Å²) >= 11 is 0. The Labute approximate surface area is 197 Å². The van der Waals surface area contributed by atoms with Gasteiger partial charge >= 0.3 is 6.09 Å². The second-order valence-corrected chi connectivity index (χ2v) is 8.00. The van der Waals surface area contributed by atoms with E-state index in [9.17, 15) is 9.90 Å². The molecular formula is C26H26N2O6. The number of benzene rings is 3. The molecule has 2 aliphatic rings. The lowest BCUT2D eigenvalue weighted by Crippen LogP contribution is -2.36. The third-order valence-corrected chi connectivity index (χ3v) is 5.77. The minimum Gasteiger partial charge on any atom is -0.508 e. The zero-order chi connectivity index (χ0) is 23.3. The van der Waals surface area contributed by atoms with Crippen molar-refractivity contribution < 1.29 is 28.8 Å². The molecular weight excluding hydrogens is 436 g/mol. The molecule has 1 amide bonds. The largest absolute Gasteiger partial charge is 0.508 e. The Hall–Kier alpha value is -3.91. The van der Waals surface area contributed by atoms with Crippen LogP contribution >= 0.6 is 0 Å². The number of fused-ring (bicyclic) bond motifs is 2. The molecule has 0 bridgehead atoms. The van der Waals surface area contributed by atoms with E-state index in [0.717, 1.165) is 30.1 Å². The van der Waals surface area contributed by atoms with Gasteiger partial charge in [-0.2, -0.15) is 0 Å². The van der Waals surface area contributed by atoms with Crippen molar-refractivity contribution in [3.8, 4) is 23.0 Å². The van der Waals surface area contributed by atoms with Gasteiger partial charge in [-0.15, -0.1) is 0 Å². The Kier molecular flexibility index (Phi) is 6.40. The van der Waals surface area contributed by atoms with Gasteiger partial charge in [0.05, 0.1) is 32.0 Å². The zero-order valence-electron chi connectivity index (χ0n) is 18.7. The number of anilines is 2. The molecule has 8 heteroatoms. The van der Waals surface area contributed by atoms with Gasteiger partial charge < -0.3 is 29.0 Å². The van der Waals surface area contributed by atoms with Crippen molar-refractivity contribution in [2.45, 2.75) is 6.54 Å². The van der Waals surface area contributed by atoms with Crippen LogP contribution in [0.15, 0.2) is 66.7 Å². The lowest BCUT2D eigenvalue weighted by molar-refractivity contribution is 0.104. The first-order chi connectivity index (χ1) is 16.7. The van der Waals surface area contributed by atoms with Crippen LogP contribution < -0.4 is 24.0 Å². The molecule has 3 aromatic carbocycles. The average molecular weight is 463 g/mol. The summed E-state index contributed by atoms with van der Waals surface area (Å²) in [5.41, 5.74) is 2.64. The molecule has 0 fully saturated rings. The lowest BCUT2D eigenvalue weighted by Gasteiger charge is -2.31. The van der Waals surface area contributed by atoms with E-state index in [2.05, 4.69) is 11.0 Å². The summed E-state index contributed by atoms with van der Waals surface area (Å²) < 4.78 is 22.5. The molecule has 0 aliphatic carbocycles. The number of phenols is 1. The number of aromatic hydroxyl groups is 1. The minimum absolute atomic E-state index is 0.0666. The number of para-hydroxylation sites is 2. The first-order valence-electron chi connectivity index (χ1n) is 11.3. The molecule has 1 N–H and O–H groups in total. The molecule has 0 spiro atoms. The fraction of sp³-hybridized carbons (Fsp3) is 0.269. The molecule has 3 aromatic rings. The number of rotatable bonds is 8. The van der Waals surface area contributed by atoms with E-state index in [1.165, 1.54) is 11.0 Å². The maximum atomic E-state index is 12.4. The monoisotopic (exact) mass is 462 g/mol. The van der Waals surface area contributed by atoms with Crippen molar-refractivity contribution in [1.82, 2.24) is 0 Å². The van der Waals surface area contributed by atoms with Crippen LogP contribution in [-0.2, 0) is 11.3 Å². The highest BCUT2D eigenvalue weighted by Gasteiger charge is 2.26. The molecule has 8 nitrogen and oxygen atoms in total. The highest BCUT2D eigenvalue weighted by atomic mass is 16.6. The second kappa shape index (κ2) is 9.93. The van der Waals surface area contributed by atoms with Gasteiger partial charge in [-0.25, -0.2) is 4.79 Å². The number of carbonyl (C=O) groups excluding carboxylic acids is 1. The quantitative estimate of drug-likeness (QED) is 0.503. The van der Waals surface area contributed by atoms with Gasteiger partial charge in [0.15, 0.2) is 0 Å². The number of carbonyl (C=O) groups is 1. The fourth-order valence-electron chi connectivity index (χ4n) is 4.03. The predicted octanol–water partition coefficient (Wildman–Crippen LogP) is 4.21. The van der Waals surface area contributed by atoms with Gasteiger partial charge in [-0.1, -0.05) is 12.1 Å². The Morgan fingerprint density at radius 2 is 1.79 bits per heavy atom. The van der Waals surface area contributed by atoms with E-state index in [0.29, 0.717) is 50.2 Å². The molecule has 0 atom stereocenters. The van der Waals surface area contributed by atoms with Crippen molar-refractivity contribution in [2.75, 3.05) is 49.3 Å². The Balaban J connectivity index is 1.06. The van der Waals surface area contributed by atoms with E-state index < -0.39 is 6.09 Å². The average Bonchev–Trinajstić information content (AvgIpc) is 2.86. The summed E-state index contributed by atoms with van der Waals surface area (Å²) in [5, 5.41) is 9.57. The highest BCUT2D eigenvalue weighted by molar-refractivity contribution is 5.91. The number of amides is 1. The molecule has 0 radical (unpaired) electrons. The molecule has 0 saturated carbocycles. The molecule has 0 unspecified atom stereocenters. The lowest BCUT2D eigenvalue weighted by atomic mass is 10.1. The van der Waals surface area contributed by atoms with Gasteiger partial charge in [-0.05, 0) is 48.5 Å². The van der Waals surface area contributed by atoms with Crippen molar-refractivity contribution in [1.29, 1.82) is 0 Å². The topological polar surface area (TPSA) is 80.7 Å². The van der Waals surface area contributed by atoms with E-state index in [1.807, 2.05) is 42.5 Å². The van der Waals surface area contributed by atoms with Crippen LogP contribution in [0.2, 0.25) is 0 Å². The molecule has 0 aromatic heterocycles. The molecule has 2 heterocycles. The molecule has 176 valence electrons. The van der Waals surface area contributed by atoms with E-state index in [-0.39, 0.29) is 5.75 Å². The Morgan fingerprint density at radius 1 is 0.941 bits per heavy atom. The van der Waals surface area contributed by atoms with Crippen LogP contribution in [0.25, 0.3) is 0 Å². The number of hydrogen-bond donors (Lipinski definition) is 1. The van der Waals surface area contributed by atoms with Crippen LogP contribution in [0.1, 0.15) is 5.56 Å². The third-order valence-electron chi connectivity index (χ3n) is 5.77. The predicted molar refractivity (Wildman–Crippen MR) is 127 cm³/mol. The summed E-state index contributed by atoms with van der Waals surface area (Å²) in [6.07, 6.45) is -0.483. The van der Waals surface area contributed by atoms with E-state index >= 15 is 0 Å². The zero-order valence-corrected chi connectivity index (χ0v) is 18.7. The number of ether oxygens (including phenoxy) is 4. The third kappa shape index (κ3) is 4.87. The molecule has 5 rings (SSSR count). The second-order valence-electron chi connectivity index (χ2n) is 8.00. The van der Waals surface area contributed by atoms with Crippen molar-refractivity contribution in [3.63, 3.8) is 0 Å². The minimum atomic E-state index is -0.483. The number of nitrogens with zero attached hydrogens (tertiary/aromatic N) is 2. The van der Waals surface area contributed by atoms with Crippen LogP contribution in [0.3, 0.4) is 0 Å². The van der Waals surface area contributed by atoms with Gasteiger partial charge in [0.2, 0.25) is 0 Å². The smallest absolute Gasteiger partial charge is 0.420 e. The summed E-state index contributed by atoms with van der Waals surface area (Å²) in [4.78, 5) is 16.2.